The van der Waals surface area contributed by atoms with Crippen LogP contribution >= 0.6 is 0 Å². The summed E-state index contributed by atoms with van der Waals surface area (Å²) < 4.78 is 5.76. The van der Waals surface area contributed by atoms with Crippen molar-refractivity contribution in [1.29, 1.82) is 0 Å². The molecule has 0 bridgehead atoms. The van der Waals surface area contributed by atoms with Crippen molar-refractivity contribution in [2.45, 2.75) is 45.7 Å². The van der Waals surface area contributed by atoms with Gasteiger partial charge in [0.15, 0.2) is 0 Å². The molecular weight excluding hydrogens is 334 g/mol. The van der Waals surface area contributed by atoms with Gasteiger partial charge in [0.05, 0.1) is 0 Å². The van der Waals surface area contributed by atoms with Crippen LogP contribution in [-0.2, 0) is 16.0 Å². The maximum absolute atomic E-state index is 11.6. The number of aliphatic carboxylic acids is 2. The summed E-state index contributed by atoms with van der Waals surface area (Å²) in [5.41, 5.74) is 2.05. The van der Waals surface area contributed by atoms with E-state index in [1.54, 1.807) is 12.1 Å². The zero-order valence-electron chi connectivity index (χ0n) is 15.2. The van der Waals surface area contributed by atoms with Gasteiger partial charge in [0.2, 0.25) is 0 Å². The molecule has 0 amide bonds. The minimum Gasteiger partial charge on any atom is -0.480 e. The third-order valence-electron chi connectivity index (χ3n) is 4.11. The minimum absolute atomic E-state index is 0.0725. The quantitative estimate of drug-likeness (QED) is 0.635. The van der Waals surface area contributed by atoms with Gasteiger partial charge in [0, 0.05) is 12.0 Å². The van der Waals surface area contributed by atoms with Crippen molar-refractivity contribution >= 4 is 11.9 Å². The number of furan rings is 1. The molecule has 2 aromatic rings. The minimum atomic E-state index is -1.10. The van der Waals surface area contributed by atoms with Crippen molar-refractivity contribution in [3.05, 3.63) is 47.7 Å². The average Bonchev–Trinajstić information content (AvgIpc) is 3.02. The number of rotatable bonds is 9. The van der Waals surface area contributed by atoms with E-state index in [1.807, 2.05) is 45.0 Å². The van der Waals surface area contributed by atoms with E-state index >= 15 is 0 Å². The van der Waals surface area contributed by atoms with Gasteiger partial charge in [-0.15, -0.1) is 0 Å². The third-order valence-corrected chi connectivity index (χ3v) is 4.11. The fourth-order valence-electron chi connectivity index (χ4n) is 2.73. The Morgan fingerprint density at radius 2 is 1.62 bits per heavy atom. The number of carboxylic acids is 2. The van der Waals surface area contributed by atoms with E-state index in [0.29, 0.717) is 17.9 Å². The van der Waals surface area contributed by atoms with Crippen LogP contribution in [0.15, 0.2) is 40.8 Å². The summed E-state index contributed by atoms with van der Waals surface area (Å²) in [5.74, 6) is -0.872. The maximum Gasteiger partial charge on any atom is 0.321 e. The van der Waals surface area contributed by atoms with Crippen molar-refractivity contribution in [2.75, 3.05) is 0 Å². The fraction of sp³-hybridized carbons (Fsp3) is 0.400. The molecule has 2 rings (SSSR count). The highest BCUT2D eigenvalue weighted by Gasteiger charge is 2.27. The number of aryl methyl sites for hydroxylation is 1. The number of nitrogens with one attached hydrogen (secondary N) is 1. The first kappa shape index (κ1) is 19.7. The topological polar surface area (TPSA) is 99.8 Å². The molecule has 26 heavy (non-hydrogen) atoms. The van der Waals surface area contributed by atoms with Gasteiger partial charge >= 0.3 is 11.9 Å². The van der Waals surface area contributed by atoms with Gasteiger partial charge in [-0.3, -0.25) is 14.9 Å². The number of benzene rings is 1. The summed E-state index contributed by atoms with van der Waals surface area (Å²) in [6, 6.07) is 9.40. The van der Waals surface area contributed by atoms with Crippen LogP contribution in [0.2, 0.25) is 0 Å². The summed E-state index contributed by atoms with van der Waals surface area (Å²) in [6.45, 7) is 5.79. The SMILES string of the molecule is Cc1ccc(-c2ccc(CC(NC(CC(C)C)C(=O)O)C(=O)O)o2)cc1. The van der Waals surface area contributed by atoms with Gasteiger partial charge in [-0.2, -0.15) is 0 Å². The molecule has 140 valence electrons. The van der Waals surface area contributed by atoms with Crippen LogP contribution in [0.4, 0.5) is 0 Å². The zero-order valence-corrected chi connectivity index (χ0v) is 15.2. The number of hydrogen-bond donors (Lipinski definition) is 3. The molecule has 6 heteroatoms. The van der Waals surface area contributed by atoms with Crippen LogP contribution in [0.5, 0.6) is 0 Å². The molecule has 0 saturated heterocycles. The van der Waals surface area contributed by atoms with Crippen molar-refractivity contribution in [3.63, 3.8) is 0 Å². The Morgan fingerprint density at radius 3 is 2.15 bits per heavy atom. The molecular formula is C20H25NO5. The van der Waals surface area contributed by atoms with Crippen molar-refractivity contribution in [3.8, 4) is 11.3 Å². The van der Waals surface area contributed by atoms with Crippen LogP contribution < -0.4 is 5.32 Å². The molecule has 0 aliphatic heterocycles. The zero-order chi connectivity index (χ0) is 19.3. The summed E-state index contributed by atoms with van der Waals surface area (Å²) >= 11 is 0. The molecule has 0 saturated carbocycles. The Kier molecular flexibility index (Phi) is 6.58. The highest BCUT2D eigenvalue weighted by molar-refractivity contribution is 5.77. The fourth-order valence-corrected chi connectivity index (χ4v) is 2.73. The summed E-state index contributed by atoms with van der Waals surface area (Å²) in [7, 11) is 0. The predicted octanol–water partition coefficient (Wildman–Crippen LogP) is 3.34. The first-order chi connectivity index (χ1) is 12.3. The standard InChI is InChI=1S/C20H25NO5/c1-12(2)10-16(19(22)23)21-17(20(24)25)11-15-8-9-18(26-15)14-6-4-13(3)5-7-14/h4-9,12,16-17,21H,10-11H2,1-3H3,(H,22,23)(H,24,25). The summed E-state index contributed by atoms with van der Waals surface area (Å²) in [4.78, 5) is 22.9. The lowest BCUT2D eigenvalue weighted by molar-refractivity contribution is -0.143. The molecule has 1 aromatic heterocycles. The van der Waals surface area contributed by atoms with E-state index in [0.717, 1.165) is 11.1 Å². The second kappa shape index (κ2) is 8.67. The number of carbonyl (C=O) groups is 2. The van der Waals surface area contributed by atoms with Crippen LogP contribution in [0.1, 0.15) is 31.6 Å². The van der Waals surface area contributed by atoms with Crippen LogP contribution in [-0.4, -0.2) is 34.2 Å². The predicted molar refractivity (Wildman–Crippen MR) is 98.0 cm³/mol. The van der Waals surface area contributed by atoms with Crippen molar-refractivity contribution < 1.29 is 24.2 Å². The molecule has 0 fully saturated rings. The van der Waals surface area contributed by atoms with Crippen LogP contribution in [0.25, 0.3) is 11.3 Å². The lowest BCUT2D eigenvalue weighted by Crippen LogP contribution is -2.48. The highest BCUT2D eigenvalue weighted by atomic mass is 16.4. The number of hydrogen-bond acceptors (Lipinski definition) is 4. The molecule has 0 spiro atoms. The lowest BCUT2D eigenvalue weighted by atomic mass is 10.0. The Hall–Kier alpha value is -2.60. The Balaban J connectivity index is 2.11. The molecule has 2 unspecified atom stereocenters. The molecule has 0 aliphatic carbocycles. The van der Waals surface area contributed by atoms with Crippen LogP contribution in [0.3, 0.4) is 0 Å². The molecule has 1 heterocycles. The molecule has 0 radical (unpaired) electrons. The van der Waals surface area contributed by atoms with Crippen molar-refractivity contribution in [2.24, 2.45) is 5.92 Å². The van der Waals surface area contributed by atoms with Crippen LogP contribution in [0, 0.1) is 12.8 Å². The average molecular weight is 359 g/mol. The van der Waals surface area contributed by atoms with Gasteiger partial charge in [-0.1, -0.05) is 43.7 Å². The first-order valence-corrected chi connectivity index (χ1v) is 8.63. The lowest BCUT2D eigenvalue weighted by Gasteiger charge is -2.21. The smallest absolute Gasteiger partial charge is 0.321 e. The Labute approximate surface area is 152 Å². The summed E-state index contributed by atoms with van der Waals surface area (Å²) in [5, 5.41) is 21.5. The van der Waals surface area contributed by atoms with E-state index in [4.69, 9.17) is 4.42 Å². The van der Waals surface area contributed by atoms with Crippen molar-refractivity contribution in [1.82, 2.24) is 5.32 Å². The molecule has 0 aliphatic rings. The third kappa shape index (κ3) is 5.46. The van der Waals surface area contributed by atoms with Gasteiger partial charge in [-0.25, -0.2) is 0 Å². The van der Waals surface area contributed by atoms with E-state index in [2.05, 4.69) is 5.32 Å². The highest BCUT2D eigenvalue weighted by Crippen LogP contribution is 2.23. The molecule has 1 aromatic carbocycles. The Bertz CT molecular complexity index is 748. The second-order valence-electron chi connectivity index (χ2n) is 6.91. The van der Waals surface area contributed by atoms with Gasteiger partial charge < -0.3 is 14.6 Å². The van der Waals surface area contributed by atoms with E-state index in [9.17, 15) is 19.8 Å². The van der Waals surface area contributed by atoms with Gasteiger partial charge in [-0.05, 0) is 31.4 Å². The van der Waals surface area contributed by atoms with Gasteiger partial charge in [0.1, 0.15) is 23.6 Å². The first-order valence-electron chi connectivity index (χ1n) is 8.63. The second-order valence-corrected chi connectivity index (χ2v) is 6.91. The molecule has 3 N–H and O–H groups in total. The number of carboxylic acid groups (broad SMARTS) is 2. The molecule has 6 nitrogen and oxygen atoms in total. The molecule has 2 atom stereocenters. The van der Waals surface area contributed by atoms with Gasteiger partial charge in [0.25, 0.3) is 0 Å². The largest absolute Gasteiger partial charge is 0.480 e. The maximum atomic E-state index is 11.6. The van der Waals surface area contributed by atoms with E-state index in [-0.39, 0.29) is 12.3 Å². The summed E-state index contributed by atoms with van der Waals surface area (Å²) in [6.07, 6.45) is 0.426. The monoisotopic (exact) mass is 359 g/mol. The van der Waals surface area contributed by atoms with E-state index in [1.165, 1.54) is 0 Å². The van der Waals surface area contributed by atoms with E-state index < -0.39 is 24.0 Å². The Morgan fingerprint density at radius 1 is 1.00 bits per heavy atom. The normalized spacial score (nSPS) is 13.5.